The van der Waals surface area contributed by atoms with Gasteiger partial charge in [-0.05, 0) is 45.9 Å². The van der Waals surface area contributed by atoms with Crippen molar-refractivity contribution in [2.45, 2.75) is 33.2 Å². The fourth-order valence-corrected chi connectivity index (χ4v) is 2.01. The molecule has 5 nitrogen and oxygen atoms in total. The van der Waals surface area contributed by atoms with Gasteiger partial charge in [-0.1, -0.05) is 23.7 Å². The van der Waals surface area contributed by atoms with Crippen LogP contribution in [0, 0.1) is 6.92 Å². The number of aryl methyl sites for hydroxylation is 1. The molecular formula is C16H19ClN4O. The molecule has 0 saturated heterocycles. The van der Waals surface area contributed by atoms with Crippen LogP contribution in [0.3, 0.4) is 0 Å². The maximum atomic E-state index is 12.3. The standard InChI is InChI=1S/C16H19ClN4O/c1-10-9-13(20-15(18-10)21-16(2,3)4)14(22)19-12-8-6-5-7-11(12)17/h5-9H,1-4H3,(H,19,22)(H,18,20,21). The SMILES string of the molecule is Cc1cc(C(=O)Nc2ccccc2Cl)nc(NC(C)(C)C)n1. The van der Waals surface area contributed by atoms with E-state index in [9.17, 15) is 4.79 Å². The fraction of sp³-hybridized carbons (Fsp3) is 0.312. The zero-order valence-corrected chi connectivity index (χ0v) is 13.8. The first-order chi connectivity index (χ1) is 10.2. The fourth-order valence-electron chi connectivity index (χ4n) is 1.83. The van der Waals surface area contributed by atoms with Crippen LogP contribution in [-0.2, 0) is 0 Å². The number of rotatable bonds is 3. The van der Waals surface area contributed by atoms with Gasteiger partial charge in [0.25, 0.3) is 5.91 Å². The molecule has 1 amide bonds. The minimum atomic E-state index is -0.324. The Balaban J connectivity index is 2.24. The molecular weight excluding hydrogens is 300 g/mol. The molecule has 0 radical (unpaired) electrons. The molecule has 0 bridgehead atoms. The second-order valence-electron chi connectivity index (χ2n) is 6.03. The summed E-state index contributed by atoms with van der Waals surface area (Å²) in [6.45, 7) is 7.83. The highest BCUT2D eigenvalue weighted by molar-refractivity contribution is 6.33. The molecule has 6 heteroatoms. The number of hydrogen-bond donors (Lipinski definition) is 2. The van der Waals surface area contributed by atoms with Crippen LogP contribution >= 0.6 is 11.6 Å². The van der Waals surface area contributed by atoms with E-state index in [-0.39, 0.29) is 11.4 Å². The highest BCUT2D eigenvalue weighted by Crippen LogP contribution is 2.21. The number of hydrogen-bond acceptors (Lipinski definition) is 4. The summed E-state index contributed by atoms with van der Waals surface area (Å²) in [6, 6.07) is 8.70. The Kier molecular flexibility index (Phi) is 4.66. The number of carbonyl (C=O) groups excluding carboxylic acids is 1. The van der Waals surface area contributed by atoms with Gasteiger partial charge in [-0.15, -0.1) is 0 Å². The van der Waals surface area contributed by atoms with E-state index in [4.69, 9.17) is 11.6 Å². The number of nitrogens with one attached hydrogen (secondary N) is 2. The number of halogens is 1. The normalized spacial score (nSPS) is 11.1. The third-order valence-corrected chi connectivity index (χ3v) is 3.03. The van der Waals surface area contributed by atoms with Gasteiger partial charge in [0.1, 0.15) is 5.69 Å². The highest BCUT2D eigenvalue weighted by atomic mass is 35.5. The lowest BCUT2D eigenvalue weighted by atomic mass is 10.1. The molecule has 22 heavy (non-hydrogen) atoms. The Bertz CT molecular complexity index is 695. The van der Waals surface area contributed by atoms with Gasteiger partial charge in [-0.25, -0.2) is 9.97 Å². The zero-order chi connectivity index (χ0) is 16.3. The molecule has 1 aromatic carbocycles. The van der Waals surface area contributed by atoms with Gasteiger partial charge in [-0.2, -0.15) is 0 Å². The number of nitrogens with zero attached hydrogens (tertiary/aromatic N) is 2. The van der Waals surface area contributed by atoms with Crippen LogP contribution in [0.5, 0.6) is 0 Å². The molecule has 0 fully saturated rings. The quantitative estimate of drug-likeness (QED) is 0.900. The molecule has 0 atom stereocenters. The topological polar surface area (TPSA) is 66.9 Å². The van der Waals surface area contributed by atoms with Crippen molar-refractivity contribution >= 4 is 29.1 Å². The van der Waals surface area contributed by atoms with Gasteiger partial charge < -0.3 is 10.6 Å². The number of benzene rings is 1. The van der Waals surface area contributed by atoms with Gasteiger partial charge in [0.15, 0.2) is 0 Å². The Morgan fingerprint density at radius 3 is 2.50 bits per heavy atom. The predicted octanol–water partition coefficient (Wildman–Crippen LogP) is 3.90. The predicted molar refractivity (Wildman–Crippen MR) is 89.5 cm³/mol. The summed E-state index contributed by atoms with van der Waals surface area (Å²) >= 11 is 6.05. The van der Waals surface area contributed by atoms with Gasteiger partial charge >= 0.3 is 0 Å². The van der Waals surface area contributed by atoms with E-state index >= 15 is 0 Å². The highest BCUT2D eigenvalue weighted by Gasteiger charge is 2.15. The van der Waals surface area contributed by atoms with Crippen LogP contribution in [-0.4, -0.2) is 21.4 Å². The third kappa shape index (κ3) is 4.43. The molecule has 2 aromatic rings. The maximum absolute atomic E-state index is 12.3. The molecule has 2 rings (SSSR count). The zero-order valence-electron chi connectivity index (χ0n) is 13.1. The Labute approximate surface area is 135 Å². The van der Waals surface area contributed by atoms with E-state index in [0.717, 1.165) is 0 Å². The summed E-state index contributed by atoms with van der Waals surface area (Å²) in [7, 11) is 0. The monoisotopic (exact) mass is 318 g/mol. The number of carbonyl (C=O) groups is 1. The molecule has 0 spiro atoms. The van der Waals surface area contributed by atoms with Gasteiger partial charge in [-0.3, -0.25) is 4.79 Å². The molecule has 0 aliphatic heterocycles. The number of amides is 1. The minimum Gasteiger partial charge on any atom is -0.350 e. The Morgan fingerprint density at radius 1 is 1.18 bits per heavy atom. The van der Waals surface area contributed by atoms with Crippen molar-refractivity contribution < 1.29 is 4.79 Å². The molecule has 0 unspecified atom stereocenters. The average molecular weight is 319 g/mol. The molecule has 1 heterocycles. The smallest absolute Gasteiger partial charge is 0.274 e. The second-order valence-corrected chi connectivity index (χ2v) is 6.43. The van der Waals surface area contributed by atoms with Crippen molar-refractivity contribution in [1.29, 1.82) is 0 Å². The van der Waals surface area contributed by atoms with Gasteiger partial charge in [0.2, 0.25) is 5.95 Å². The first-order valence-corrected chi connectivity index (χ1v) is 7.32. The van der Waals surface area contributed by atoms with Crippen LogP contribution in [0.25, 0.3) is 0 Å². The van der Waals surface area contributed by atoms with Crippen molar-refractivity contribution in [2.75, 3.05) is 10.6 Å². The lowest BCUT2D eigenvalue weighted by Gasteiger charge is -2.20. The molecule has 2 N–H and O–H groups in total. The molecule has 1 aromatic heterocycles. The number of anilines is 2. The summed E-state index contributed by atoms with van der Waals surface area (Å²) in [5.74, 6) is 0.104. The van der Waals surface area contributed by atoms with Crippen LogP contribution in [0.15, 0.2) is 30.3 Å². The first kappa shape index (κ1) is 16.2. The second kappa shape index (κ2) is 6.32. The third-order valence-electron chi connectivity index (χ3n) is 2.70. The lowest BCUT2D eigenvalue weighted by molar-refractivity contribution is 0.102. The van der Waals surface area contributed by atoms with Gasteiger partial charge in [0, 0.05) is 11.2 Å². The van der Waals surface area contributed by atoms with E-state index in [0.29, 0.717) is 28.0 Å². The van der Waals surface area contributed by atoms with Crippen molar-refractivity contribution in [2.24, 2.45) is 0 Å². The summed E-state index contributed by atoms with van der Waals surface area (Å²) in [5, 5.41) is 6.40. The van der Waals surface area contributed by atoms with E-state index in [1.54, 1.807) is 30.3 Å². The summed E-state index contributed by atoms with van der Waals surface area (Å²) < 4.78 is 0. The van der Waals surface area contributed by atoms with Crippen LogP contribution in [0.1, 0.15) is 37.0 Å². The summed E-state index contributed by atoms with van der Waals surface area (Å²) in [4.78, 5) is 20.9. The van der Waals surface area contributed by atoms with Crippen molar-refractivity contribution in [1.82, 2.24) is 9.97 Å². The lowest BCUT2D eigenvalue weighted by Crippen LogP contribution is -2.28. The van der Waals surface area contributed by atoms with Crippen LogP contribution in [0.4, 0.5) is 11.6 Å². The van der Waals surface area contributed by atoms with E-state index in [1.165, 1.54) is 0 Å². The van der Waals surface area contributed by atoms with E-state index < -0.39 is 0 Å². The molecule has 0 aliphatic rings. The summed E-state index contributed by atoms with van der Waals surface area (Å²) in [5.41, 5.74) is 1.37. The molecule has 0 saturated carbocycles. The van der Waals surface area contributed by atoms with Gasteiger partial charge in [0.05, 0.1) is 10.7 Å². The molecule has 0 aliphatic carbocycles. The maximum Gasteiger partial charge on any atom is 0.274 e. The minimum absolute atomic E-state index is 0.190. The first-order valence-electron chi connectivity index (χ1n) is 6.94. The van der Waals surface area contributed by atoms with Crippen molar-refractivity contribution in [3.05, 3.63) is 46.7 Å². The largest absolute Gasteiger partial charge is 0.350 e. The number of para-hydroxylation sites is 1. The molecule has 116 valence electrons. The Hall–Kier alpha value is -2.14. The van der Waals surface area contributed by atoms with Crippen LogP contribution in [0.2, 0.25) is 5.02 Å². The van der Waals surface area contributed by atoms with E-state index in [2.05, 4.69) is 20.6 Å². The average Bonchev–Trinajstić information content (AvgIpc) is 2.38. The summed E-state index contributed by atoms with van der Waals surface area (Å²) in [6.07, 6.45) is 0. The van der Waals surface area contributed by atoms with E-state index in [1.807, 2.05) is 27.7 Å². The van der Waals surface area contributed by atoms with Crippen molar-refractivity contribution in [3.63, 3.8) is 0 Å². The van der Waals surface area contributed by atoms with Crippen LogP contribution < -0.4 is 10.6 Å². The van der Waals surface area contributed by atoms with Crippen molar-refractivity contribution in [3.8, 4) is 0 Å². The number of aromatic nitrogens is 2. The Morgan fingerprint density at radius 2 is 1.86 bits per heavy atom.